The monoisotopic (exact) mass is 246 g/mol. The molecule has 0 aliphatic heterocycles. The van der Waals surface area contributed by atoms with Gasteiger partial charge in [0.2, 0.25) is 5.88 Å². The molecule has 1 aromatic heterocycles. The van der Waals surface area contributed by atoms with Crippen molar-refractivity contribution in [2.24, 2.45) is 0 Å². The molecule has 0 unspecified atom stereocenters. The average Bonchev–Trinajstić information content (AvgIpc) is 2.82. The summed E-state index contributed by atoms with van der Waals surface area (Å²) in [5, 5.41) is 8.73. The predicted octanol–water partition coefficient (Wildman–Crippen LogP) is 2.38. The summed E-state index contributed by atoms with van der Waals surface area (Å²) in [4.78, 5) is 13.6. The summed E-state index contributed by atoms with van der Waals surface area (Å²) in [5.41, 5.74) is 1.71. The Morgan fingerprint density at radius 3 is 2.78 bits per heavy atom. The third kappa shape index (κ3) is 3.00. The number of anilines is 3. The summed E-state index contributed by atoms with van der Waals surface area (Å²) >= 11 is 0. The van der Waals surface area contributed by atoms with Crippen molar-refractivity contribution in [2.75, 3.05) is 29.6 Å². The molecule has 2 N–H and O–H groups in total. The second-order valence-corrected chi connectivity index (χ2v) is 3.90. The van der Waals surface area contributed by atoms with Crippen molar-refractivity contribution in [3.05, 3.63) is 36.5 Å². The molecule has 0 atom stereocenters. The molecule has 18 heavy (non-hydrogen) atoms. The smallest absolute Gasteiger partial charge is 0.326 e. The highest BCUT2D eigenvalue weighted by molar-refractivity contribution is 5.99. The highest BCUT2D eigenvalue weighted by atomic mass is 16.5. The Labute approximate surface area is 105 Å². The molecule has 0 aliphatic carbocycles. The maximum absolute atomic E-state index is 11.6. The molecule has 0 fully saturated rings. The second-order valence-electron chi connectivity index (χ2n) is 3.90. The van der Waals surface area contributed by atoms with E-state index in [1.807, 2.05) is 43.3 Å². The normalized spacial score (nSPS) is 9.89. The van der Waals surface area contributed by atoms with E-state index in [4.69, 9.17) is 4.52 Å². The Kier molecular flexibility index (Phi) is 3.47. The van der Waals surface area contributed by atoms with E-state index in [-0.39, 0.29) is 6.03 Å². The van der Waals surface area contributed by atoms with Crippen molar-refractivity contribution < 1.29 is 9.32 Å². The lowest BCUT2D eigenvalue weighted by molar-refractivity contribution is 0.261. The number of nitrogens with one attached hydrogen (secondary N) is 2. The molecule has 0 bridgehead atoms. The fourth-order valence-electron chi connectivity index (χ4n) is 1.42. The van der Waals surface area contributed by atoms with E-state index in [9.17, 15) is 4.79 Å². The van der Waals surface area contributed by atoms with Gasteiger partial charge in [0.25, 0.3) is 0 Å². The summed E-state index contributed by atoms with van der Waals surface area (Å²) < 4.78 is 4.77. The quantitative estimate of drug-likeness (QED) is 0.872. The zero-order chi connectivity index (χ0) is 13.0. The Morgan fingerprint density at radius 2 is 2.11 bits per heavy atom. The average molecular weight is 246 g/mol. The number of carbonyl (C=O) groups is 1. The van der Waals surface area contributed by atoms with Crippen molar-refractivity contribution in [1.82, 2.24) is 5.16 Å². The van der Waals surface area contributed by atoms with Crippen molar-refractivity contribution >= 4 is 23.3 Å². The topological polar surface area (TPSA) is 70.4 Å². The van der Waals surface area contributed by atoms with Gasteiger partial charge in [0.1, 0.15) is 0 Å². The molecular formula is C12H14N4O2. The van der Waals surface area contributed by atoms with Crippen LogP contribution in [-0.2, 0) is 0 Å². The number of carbonyl (C=O) groups excluding carboxylic acids is 1. The fourth-order valence-corrected chi connectivity index (χ4v) is 1.42. The number of aromatic nitrogens is 1. The minimum Gasteiger partial charge on any atom is -0.378 e. The summed E-state index contributed by atoms with van der Waals surface area (Å²) in [5.74, 6) is 0.302. The van der Waals surface area contributed by atoms with Crippen LogP contribution < -0.4 is 15.5 Å². The first kappa shape index (κ1) is 12.0. The molecule has 0 aliphatic rings. The molecule has 94 valence electrons. The van der Waals surface area contributed by atoms with Gasteiger partial charge in [0.05, 0.1) is 6.20 Å². The van der Waals surface area contributed by atoms with E-state index in [0.29, 0.717) is 11.6 Å². The molecule has 2 aromatic rings. The Hall–Kier alpha value is -2.50. The predicted molar refractivity (Wildman–Crippen MR) is 69.9 cm³/mol. The van der Waals surface area contributed by atoms with Crippen molar-refractivity contribution in [2.45, 2.75) is 0 Å². The zero-order valence-corrected chi connectivity index (χ0v) is 10.2. The molecule has 6 nitrogen and oxygen atoms in total. The molecule has 0 spiro atoms. The van der Waals surface area contributed by atoms with E-state index in [0.717, 1.165) is 5.69 Å². The molecule has 0 saturated heterocycles. The van der Waals surface area contributed by atoms with Crippen LogP contribution in [0.25, 0.3) is 0 Å². The van der Waals surface area contributed by atoms with Crippen LogP contribution in [0.3, 0.4) is 0 Å². The Balaban J connectivity index is 2.00. The van der Waals surface area contributed by atoms with Gasteiger partial charge in [-0.2, -0.15) is 0 Å². The van der Waals surface area contributed by atoms with Crippen molar-refractivity contribution in [1.29, 1.82) is 0 Å². The second kappa shape index (κ2) is 5.22. The van der Waals surface area contributed by atoms with E-state index >= 15 is 0 Å². The number of benzene rings is 1. The zero-order valence-electron chi connectivity index (χ0n) is 10.2. The first-order chi connectivity index (χ1) is 8.65. The van der Waals surface area contributed by atoms with E-state index < -0.39 is 0 Å². The summed E-state index contributed by atoms with van der Waals surface area (Å²) in [6.45, 7) is 0. The SMILES string of the molecule is CN(C)c1cccc(NC(=O)Nc2ccno2)c1. The van der Waals surface area contributed by atoms with Crippen LogP contribution in [0.1, 0.15) is 0 Å². The molecule has 6 heteroatoms. The van der Waals surface area contributed by atoms with Gasteiger partial charge in [-0.05, 0) is 18.2 Å². The number of rotatable bonds is 3. The van der Waals surface area contributed by atoms with Gasteiger partial charge in [-0.25, -0.2) is 4.79 Å². The Bertz CT molecular complexity index is 523. The van der Waals surface area contributed by atoms with E-state index in [1.165, 1.54) is 6.20 Å². The summed E-state index contributed by atoms with van der Waals surface area (Å²) in [6.07, 6.45) is 1.46. The standard InChI is InChI=1S/C12H14N4O2/c1-16(2)10-5-3-4-9(8-10)14-12(17)15-11-6-7-13-18-11/h3-8H,1-2H3,(H2,14,15,17). The number of hydrogen-bond donors (Lipinski definition) is 2. The van der Waals surface area contributed by atoms with E-state index in [2.05, 4.69) is 15.8 Å². The largest absolute Gasteiger partial charge is 0.378 e. The van der Waals surface area contributed by atoms with Crippen molar-refractivity contribution in [3.63, 3.8) is 0 Å². The van der Waals surface area contributed by atoms with Crippen LogP contribution in [0.5, 0.6) is 0 Å². The first-order valence-corrected chi connectivity index (χ1v) is 5.41. The molecule has 1 heterocycles. The third-order valence-corrected chi connectivity index (χ3v) is 2.29. The Morgan fingerprint density at radius 1 is 1.28 bits per heavy atom. The van der Waals surface area contributed by atoms with Gasteiger partial charge in [0, 0.05) is 31.5 Å². The van der Waals surface area contributed by atoms with Gasteiger partial charge in [-0.15, -0.1) is 0 Å². The highest BCUT2D eigenvalue weighted by Gasteiger charge is 2.05. The number of amides is 2. The van der Waals surface area contributed by atoms with Crippen LogP contribution in [0, 0.1) is 0 Å². The molecule has 0 saturated carbocycles. The van der Waals surface area contributed by atoms with Gasteiger partial charge in [-0.3, -0.25) is 5.32 Å². The number of nitrogens with zero attached hydrogens (tertiary/aromatic N) is 2. The molecule has 1 aromatic carbocycles. The highest BCUT2D eigenvalue weighted by Crippen LogP contribution is 2.17. The lowest BCUT2D eigenvalue weighted by Gasteiger charge is -2.13. The lowest BCUT2D eigenvalue weighted by atomic mass is 10.2. The minimum absolute atomic E-state index is 0.302. The van der Waals surface area contributed by atoms with Crippen LogP contribution in [-0.4, -0.2) is 25.3 Å². The third-order valence-electron chi connectivity index (χ3n) is 2.29. The number of urea groups is 1. The van der Waals surface area contributed by atoms with Crippen LogP contribution in [0.4, 0.5) is 22.1 Å². The van der Waals surface area contributed by atoms with Gasteiger partial charge >= 0.3 is 6.03 Å². The molecular weight excluding hydrogens is 232 g/mol. The van der Waals surface area contributed by atoms with Crippen LogP contribution in [0.2, 0.25) is 0 Å². The van der Waals surface area contributed by atoms with Gasteiger partial charge < -0.3 is 14.7 Å². The lowest BCUT2D eigenvalue weighted by Crippen LogP contribution is -2.19. The minimum atomic E-state index is -0.373. The maximum Gasteiger partial charge on any atom is 0.326 e. The van der Waals surface area contributed by atoms with Crippen molar-refractivity contribution in [3.8, 4) is 0 Å². The summed E-state index contributed by atoms with van der Waals surface area (Å²) in [6, 6.07) is 8.71. The van der Waals surface area contributed by atoms with Crippen LogP contribution in [0.15, 0.2) is 41.1 Å². The maximum atomic E-state index is 11.6. The molecule has 0 radical (unpaired) electrons. The molecule has 2 rings (SSSR count). The summed E-state index contributed by atoms with van der Waals surface area (Å²) in [7, 11) is 3.88. The number of hydrogen-bond acceptors (Lipinski definition) is 4. The van der Waals surface area contributed by atoms with Gasteiger partial charge in [-0.1, -0.05) is 11.2 Å². The first-order valence-electron chi connectivity index (χ1n) is 5.41. The van der Waals surface area contributed by atoms with Gasteiger partial charge in [0.15, 0.2) is 0 Å². The molecule has 2 amide bonds. The fraction of sp³-hybridized carbons (Fsp3) is 0.167. The van der Waals surface area contributed by atoms with E-state index in [1.54, 1.807) is 6.07 Å². The van der Waals surface area contributed by atoms with Crippen LogP contribution >= 0.6 is 0 Å².